The number of benzene rings is 2. The number of ether oxygens (including phenoxy) is 1. The highest BCUT2D eigenvalue weighted by molar-refractivity contribution is 6.29. The first kappa shape index (κ1) is 28.9. The standard InChI is InChI=1S/C24H29ClN2O3.C5H12/c1-18-13-20(18)16-27(11-6-12-30-22-9-3-2-4-10-22)17-23(28)19-7-5-8-21(14-19)26-24(29)15-25;1-4-5(2)3/h2-5,7-10,14,18,20H,6,11-13,15-17H2,1H3,(H,26,29);5H,4H2,1-3H3. The van der Waals surface area contributed by atoms with Crippen molar-refractivity contribution in [2.75, 3.05) is 37.4 Å². The zero-order valence-electron chi connectivity index (χ0n) is 21.6. The second kappa shape index (κ2) is 15.6. The number of para-hydroxylation sites is 1. The lowest BCUT2D eigenvalue weighted by Gasteiger charge is -2.22. The van der Waals surface area contributed by atoms with Gasteiger partial charge in [0.2, 0.25) is 5.91 Å². The Morgan fingerprint density at radius 1 is 1.14 bits per heavy atom. The van der Waals surface area contributed by atoms with Crippen LogP contribution in [0.15, 0.2) is 54.6 Å². The van der Waals surface area contributed by atoms with Crippen LogP contribution in [0.5, 0.6) is 5.75 Å². The number of carbonyl (C=O) groups excluding carboxylic acids is 2. The van der Waals surface area contributed by atoms with Crippen molar-refractivity contribution in [3.05, 3.63) is 60.2 Å². The van der Waals surface area contributed by atoms with Crippen LogP contribution in [0.3, 0.4) is 0 Å². The van der Waals surface area contributed by atoms with Crippen molar-refractivity contribution in [1.29, 1.82) is 0 Å². The summed E-state index contributed by atoms with van der Waals surface area (Å²) in [6, 6.07) is 16.8. The number of nitrogens with zero attached hydrogens (tertiary/aromatic N) is 1. The highest BCUT2D eigenvalue weighted by Gasteiger charge is 2.34. The van der Waals surface area contributed by atoms with Crippen LogP contribution in [-0.2, 0) is 4.79 Å². The molecule has 2 unspecified atom stereocenters. The first-order valence-electron chi connectivity index (χ1n) is 12.7. The molecule has 3 rings (SSSR count). The molecule has 1 N–H and O–H groups in total. The normalized spacial score (nSPS) is 16.4. The number of halogens is 1. The number of ketones is 1. The van der Waals surface area contributed by atoms with Gasteiger partial charge >= 0.3 is 0 Å². The fourth-order valence-electron chi connectivity index (χ4n) is 3.47. The predicted octanol–water partition coefficient (Wildman–Crippen LogP) is 6.53. The highest BCUT2D eigenvalue weighted by atomic mass is 35.5. The van der Waals surface area contributed by atoms with E-state index in [1.807, 2.05) is 30.3 Å². The third-order valence-corrected chi connectivity index (χ3v) is 6.42. The van der Waals surface area contributed by atoms with Gasteiger partial charge in [-0.2, -0.15) is 0 Å². The lowest BCUT2D eigenvalue weighted by atomic mass is 10.1. The molecular weight excluding hydrogens is 460 g/mol. The number of hydrogen-bond acceptors (Lipinski definition) is 4. The van der Waals surface area contributed by atoms with Gasteiger partial charge in [-0.3, -0.25) is 14.5 Å². The predicted molar refractivity (Wildman–Crippen MR) is 146 cm³/mol. The number of carbonyl (C=O) groups is 2. The van der Waals surface area contributed by atoms with Crippen LogP contribution in [0.2, 0.25) is 0 Å². The summed E-state index contributed by atoms with van der Waals surface area (Å²) >= 11 is 5.54. The average Bonchev–Trinajstić information content (AvgIpc) is 3.56. The van der Waals surface area contributed by atoms with Crippen molar-refractivity contribution in [3.63, 3.8) is 0 Å². The van der Waals surface area contributed by atoms with E-state index >= 15 is 0 Å². The van der Waals surface area contributed by atoms with Crippen LogP contribution in [0.1, 0.15) is 57.3 Å². The van der Waals surface area contributed by atoms with Gasteiger partial charge in [0, 0.05) is 24.3 Å². The Bertz CT molecular complexity index is 904. The van der Waals surface area contributed by atoms with E-state index in [1.54, 1.807) is 24.3 Å². The minimum atomic E-state index is -0.288. The topological polar surface area (TPSA) is 58.6 Å². The molecule has 1 aliphatic rings. The maximum absolute atomic E-state index is 12.9. The molecule has 2 atom stereocenters. The molecule has 1 amide bonds. The zero-order valence-corrected chi connectivity index (χ0v) is 22.4. The monoisotopic (exact) mass is 500 g/mol. The third-order valence-electron chi connectivity index (χ3n) is 6.17. The molecule has 0 radical (unpaired) electrons. The second-order valence-corrected chi connectivity index (χ2v) is 9.98. The van der Waals surface area contributed by atoms with Crippen LogP contribution < -0.4 is 10.1 Å². The molecule has 6 heteroatoms. The molecule has 0 aromatic heterocycles. The Morgan fingerprint density at radius 3 is 2.43 bits per heavy atom. The van der Waals surface area contributed by atoms with Crippen molar-refractivity contribution in [2.45, 2.75) is 47.0 Å². The number of nitrogens with one attached hydrogen (secondary N) is 1. The Kier molecular flexibility index (Phi) is 12.9. The maximum Gasteiger partial charge on any atom is 0.239 e. The molecule has 0 saturated heterocycles. The smallest absolute Gasteiger partial charge is 0.239 e. The molecule has 0 bridgehead atoms. The minimum Gasteiger partial charge on any atom is -0.494 e. The Hall–Kier alpha value is -2.37. The van der Waals surface area contributed by atoms with Crippen molar-refractivity contribution in [1.82, 2.24) is 4.90 Å². The summed E-state index contributed by atoms with van der Waals surface area (Å²) in [4.78, 5) is 26.6. The van der Waals surface area contributed by atoms with E-state index < -0.39 is 0 Å². The fourth-order valence-corrected chi connectivity index (χ4v) is 3.54. The van der Waals surface area contributed by atoms with Crippen LogP contribution in [0, 0.1) is 17.8 Å². The number of hydrogen-bond donors (Lipinski definition) is 1. The molecule has 0 heterocycles. The first-order chi connectivity index (χ1) is 16.8. The lowest BCUT2D eigenvalue weighted by Crippen LogP contribution is -2.33. The summed E-state index contributed by atoms with van der Waals surface area (Å²) < 4.78 is 5.79. The van der Waals surface area contributed by atoms with Crippen LogP contribution in [0.4, 0.5) is 5.69 Å². The van der Waals surface area contributed by atoms with Gasteiger partial charge in [0.15, 0.2) is 5.78 Å². The Morgan fingerprint density at radius 2 is 1.83 bits per heavy atom. The average molecular weight is 501 g/mol. The van der Waals surface area contributed by atoms with Crippen molar-refractivity contribution < 1.29 is 14.3 Å². The fraction of sp³-hybridized carbons (Fsp3) is 0.517. The van der Waals surface area contributed by atoms with E-state index in [0.29, 0.717) is 30.3 Å². The summed E-state index contributed by atoms with van der Waals surface area (Å²) in [5.74, 6) is 2.80. The lowest BCUT2D eigenvalue weighted by molar-refractivity contribution is -0.113. The van der Waals surface area contributed by atoms with Gasteiger partial charge in [-0.25, -0.2) is 0 Å². The summed E-state index contributed by atoms with van der Waals surface area (Å²) in [7, 11) is 0. The highest BCUT2D eigenvalue weighted by Crippen LogP contribution is 2.38. The Labute approximate surface area is 216 Å². The van der Waals surface area contributed by atoms with E-state index in [1.165, 1.54) is 12.8 Å². The quantitative estimate of drug-likeness (QED) is 0.193. The first-order valence-corrected chi connectivity index (χ1v) is 13.2. The summed E-state index contributed by atoms with van der Waals surface area (Å²) in [6.45, 7) is 11.6. The largest absolute Gasteiger partial charge is 0.494 e. The van der Waals surface area contributed by atoms with E-state index in [4.69, 9.17) is 16.3 Å². The molecule has 5 nitrogen and oxygen atoms in total. The molecule has 2 aromatic carbocycles. The van der Waals surface area contributed by atoms with Gasteiger partial charge in [0.05, 0.1) is 13.2 Å². The van der Waals surface area contributed by atoms with Gasteiger partial charge < -0.3 is 10.1 Å². The molecule has 192 valence electrons. The number of alkyl halides is 1. The van der Waals surface area contributed by atoms with Crippen molar-refractivity contribution in [3.8, 4) is 5.75 Å². The maximum atomic E-state index is 12.9. The van der Waals surface area contributed by atoms with Gasteiger partial charge in [0.1, 0.15) is 11.6 Å². The third kappa shape index (κ3) is 11.7. The molecule has 1 aliphatic carbocycles. The Balaban J connectivity index is 0.000000784. The van der Waals surface area contributed by atoms with Gasteiger partial charge in [-0.05, 0) is 54.9 Å². The number of anilines is 1. The van der Waals surface area contributed by atoms with Crippen LogP contribution in [-0.4, -0.2) is 48.7 Å². The molecule has 0 spiro atoms. The van der Waals surface area contributed by atoms with Crippen LogP contribution >= 0.6 is 11.6 Å². The van der Waals surface area contributed by atoms with Crippen molar-refractivity contribution in [2.24, 2.45) is 17.8 Å². The number of rotatable bonds is 13. The molecule has 2 aromatic rings. The van der Waals surface area contributed by atoms with Gasteiger partial charge in [-0.1, -0.05) is 64.4 Å². The zero-order chi connectivity index (χ0) is 25.6. The van der Waals surface area contributed by atoms with Crippen molar-refractivity contribution >= 4 is 29.0 Å². The summed E-state index contributed by atoms with van der Waals surface area (Å²) in [5, 5.41) is 2.69. The minimum absolute atomic E-state index is 0.0502. The van der Waals surface area contributed by atoms with E-state index in [-0.39, 0.29) is 17.6 Å². The molecular formula is C29H41ClN2O3. The number of amides is 1. The van der Waals surface area contributed by atoms with Crippen LogP contribution in [0.25, 0.3) is 0 Å². The SMILES string of the molecule is CC1CC1CN(CCCOc1ccccc1)CC(=O)c1cccc(NC(=O)CCl)c1.CCC(C)C. The summed E-state index contributed by atoms with van der Waals surface area (Å²) in [5.41, 5.74) is 1.18. The van der Waals surface area contributed by atoms with Gasteiger partial charge in [-0.15, -0.1) is 11.6 Å². The van der Waals surface area contributed by atoms with E-state index in [0.717, 1.165) is 37.1 Å². The van der Waals surface area contributed by atoms with E-state index in [2.05, 4.69) is 37.9 Å². The molecule has 1 saturated carbocycles. The molecule has 35 heavy (non-hydrogen) atoms. The van der Waals surface area contributed by atoms with E-state index in [9.17, 15) is 9.59 Å². The molecule has 0 aliphatic heterocycles. The number of Topliss-reactive ketones (excluding diaryl/α,β-unsaturated/α-hetero) is 1. The summed E-state index contributed by atoms with van der Waals surface area (Å²) in [6.07, 6.45) is 3.39. The molecule has 1 fully saturated rings. The second-order valence-electron chi connectivity index (χ2n) is 9.71. The van der Waals surface area contributed by atoms with Gasteiger partial charge in [0.25, 0.3) is 0 Å².